The van der Waals surface area contributed by atoms with Crippen LogP contribution in [0.2, 0.25) is 0 Å². The summed E-state index contributed by atoms with van der Waals surface area (Å²) in [5.41, 5.74) is 1.11. The average Bonchev–Trinajstić information content (AvgIpc) is 3.19. The number of hydrogen-bond acceptors (Lipinski definition) is 6. The number of carbonyl (C=O) groups excluding carboxylic acids is 1. The van der Waals surface area contributed by atoms with Crippen LogP contribution in [0, 0.1) is 12.8 Å². The number of para-hydroxylation sites is 1. The largest absolute Gasteiger partial charge is 0.496 e. The molecule has 0 atom stereocenters. The summed E-state index contributed by atoms with van der Waals surface area (Å²) in [6, 6.07) is 7.42. The molecule has 1 aliphatic rings. The van der Waals surface area contributed by atoms with Gasteiger partial charge in [-0.3, -0.25) is 4.79 Å². The minimum absolute atomic E-state index is 0.0668. The van der Waals surface area contributed by atoms with Gasteiger partial charge in [0.1, 0.15) is 11.4 Å². The predicted octanol–water partition coefficient (Wildman–Crippen LogP) is 3.43. The maximum absolute atomic E-state index is 13.4. The van der Waals surface area contributed by atoms with Gasteiger partial charge in [0.05, 0.1) is 7.11 Å². The van der Waals surface area contributed by atoms with Crippen molar-refractivity contribution in [3.05, 3.63) is 41.3 Å². The van der Waals surface area contributed by atoms with E-state index in [4.69, 9.17) is 9.26 Å². The van der Waals surface area contributed by atoms with Crippen molar-refractivity contribution in [2.45, 2.75) is 38.5 Å². The Bertz CT molecular complexity index is 1070. The highest BCUT2D eigenvalue weighted by Crippen LogP contribution is 2.30. The lowest BCUT2D eigenvalue weighted by molar-refractivity contribution is -0.136. The lowest BCUT2D eigenvalue weighted by Crippen LogP contribution is -2.44. The summed E-state index contributed by atoms with van der Waals surface area (Å²) in [5, 5.41) is 3.90. The zero-order valence-electron chi connectivity index (χ0n) is 19.1. The van der Waals surface area contributed by atoms with Crippen LogP contribution in [-0.2, 0) is 14.8 Å². The smallest absolute Gasteiger partial charge is 0.248 e. The van der Waals surface area contributed by atoms with E-state index in [1.165, 1.54) is 4.31 Å². The average molecular weight is 462 g/mol. The second-order valence-corrected chi connectivity index (χ2v) is 9.60. The lowest BCUT2D eigenvalue weighted by atomic mass is 9.96. The number of aryl methyl sites for hydroxylation is 1. The Balaban J connectivity index is 1.79. The number of carbonyl (C=O) groups is 1. The monoisotopic (exact) mass is 461 g/mol. The van der Waals surface area contributed by atoms with Gasteiger partial charge in [0.15, 0.2) is 10.7 Å². The van der Waals surface area contributed by atoms with Crippen molar-refractivity contribution >= 4 is 28.1 Å². The van der Waals surface area contributed by atoms with Crippen LogP contribution >= 0.6 is 0 Å². The molecule has 2 heterocycles. The van der Waals surface area contributed by atoms with E-state index in [0.717, 1.165) is 5.56 Å². The van der Waals surface area contributed by atoms with Crippen LogP contribution in [0.25, 0.3) is 12.2 Å². The van der Waals surface area contributed by atoms with Crippen molar-refractivity contribution in [3.63, 3.8) is 0 Å². The normalized spacial score (nSPS) is 15.9. The Morgan fingerprint density at radius 1 is 1.22 bits per heavy atom. The molecule has 1 amide bonds. The van der Waals surface area contributed by atoms with Crippen LogP contribution in [0.1, 0.15) is 43.7 Å². The first-order valence-corrected chi connectivity index (χ1v) is 12.3. The second-order valence-electron chi connectivity index (χ2n) is 7.73. The lowest BCUT2D eigenvalue weighted by Gasteiger charge is -2.33. The molecule has 1 aliphatic heterocycles. The number of hydrogen-bond donors (Lipinski definition) is 0. The van der Waals surface area contributed by atoms with Crippen LogP contribution in [0.4, 0.5) is 0 Å². The highest BCUT2D eigenvalue weighted by molar-refractivity contribution is 7.89. The minimum atomic E-state index is -3.81. The van der Waals surface area contributed by atoms with Crippen molar-refractivity contribution in [3.8, 4) is 5.75 Å². The zero-order valence-corrected chi connectivity index (χ0v) is 19.9. The molecule has 0 radical (unpaired) electrons. The zero-order chi connectivity index (χ0) is 23.3. The van der Waals surface area contributed by atoms with Gasteiger partial charge in [-0.15, -0.1) is 0 Å². The molecule has 8 nitrogen and oxygen atoms in total. The summed E-state index contributed by atoms with van der Waals surface area (Å²) in [7, 11) is -2.23. The number of aromatic nitrogens is 1. The van der Waals surface area contributed by atoms with Crippen LogP contribution < -0.4 is 4.74 Å². The Hall–Kier alpha value is -2.65. The van der Waals surface area contributed by atoms with E-state index < -0.39 is 10.0 Å². The van der Waals surface area contributed by atoms with Gasteiger partial charge >= 0.3 is 0 Å². The third-order valence-electron chi connectivity index (χ3n) is 5.86. The number of amides is 1. The number of ether oxygens (including phenoxy) is 1. The fourth-order valence-electron chi connectivity index (χ4n) is 4.03. The molecule has 2 aromatic rings. The van der Waals surface area contributed by atoms with Crippen LogP contribution in [-0.4, -0.2) is 62.0 Å². The molecular weight excluding hydrogens is 430 g/mol. The molecule has 1 aromatic heterocycles. The highest BCUT2D eigenvalue weighted by Gasteiger charge is 2.36. The van der Waals surface area contributed by atoms with E-state index in [9.17, 15) is 13.2 Å². The molecule has 1 fully saturated rings. The van der Waals surface area contributed by atoms with Gasteiger partial charge in [0.2, 0.25) is 15.9 Å². The van der Waals surface area contributed by atoms with Gasteiger partial charge in [-0.1, -0.05) is 23.4 Å². The first-order valence-electron chi connectivity index (χ1n) is 10.9. The molecule has 32 heavy (non-hydrogen) atoms. The summed E-state index contributed by atoms with van der Waals surface area (Å²) in [4.78, 5) is 14.5. The van der Waals surface area contributed by atoms with Crippen LogP contribution in [0.5, 0.6) is 5.75 Å². The second kappa shape index (κ2) is 10.3. The van der Waals surface area contributed by atoms with Gasteiger partial charge in [0, 0.05) is 37.7 Å². The van der Waals surface area contributed by atoms with E-state index >= 15 is 0 Å². The maximum Gasteiger partial charge on any atom is 0.248 e. The van der Waals surface area contributed by atoms with Crippen molar-refractivity contribution in [2.75, 3.05) is 33.3 Å². The molecular formula is C23H31N3O5S. The minimum Gasteiger partial charge on any atom is -0.496 e. The fourth-order valence-corrected chi connectivity index (χ4v) is 5.75. The number of nitrogens with zero attached hydrogens (tertiary/aromatic N) is 3. The molecule has 0 bridgehead atoms. The molecule has 3 rings (SSSR count). The Morgan fingerprint density at radius 2 is 1.88 bits per heavy atom. The van der Waals surface area contributed by atoms with Crippen molar-refractivity contribution in [1.82, 2.24) is 14.4 Å². The van der Waals surface area contributed by atoms with Gasteiger partial charge in [-0.05, 0) is 51.8 Å². The molecule has 0 unspecified atom stereocenters. The van der Waals surface area contributed by atoms with Crippen molar-refractivity contribution in [1.29, 1.82) is 0 Å². The Labute approximate surface area is 189 Å². The summed E-state index contributed by atoms with van der Waals surface area (Å²) >= 11 is 0. The van der Waals surface area contributed by atoms with Crippen molar-refractivity contribution in [2.24, 2.45) is 5.92 Å². The van der Waals surface area contributed by atoms with E-state index in [0.29, 0.717) is 50.5 Å². The molecule has 0 saturated carbocycles. The Kier molecular flexibility index (Phi) is 7.73. The number of piperidine rings is 1. The van der Waals surface area contributed by atoms with Crippen LogP contribution in [0.15, 0.2) is 33.7 Å². The summed E-state index contributed by atoms with van der Waals surface area (Å²) < 4.78 is 39.0. The van der Waals surface area contributed by atoms with Gasteiger partial charge < -0.3 is 14.2 Å². The molecule has 9 heteroatoms. The van der Waals surface area contributed by atoms with Gasteiger partial charge in [-0.25, -0.2) is 8.42 Å². The first kappa shape index (κ1) is 24.0. The van der Waals surface area contributed by atoms with Gasteiger partial charge in [-0.2, -0.15) is 4.31 Å². The van der Waals surface area contributed by atoms with Gasteiger partial charge in [0.25, 0.3) is 0 Å². The number of sulfonamides is 1. The molecule has 0 aliphatic carbocycles. The van der Waals surface area contributed by atoms with Crippen molar-refractivity contribution < 1.29 is 22.5 Å². The first-order chi connectivity index (χ1) is 15.3. The van der Waals surface area contributed by atoms with Crippen LogP contribution in [0.3, 0.4) is 0 Å². The molecule has 174 valence electrons. The molecule has 1 saturated heterocycles. The van der Waals surface area contributed by atoms with E-state index in [1.54, 1.807) is 31.1 Å². The SMILES string of the molecule is CCN(CC)C(=O)C1CCN(S(=O)(=O)c2c(C)noc2C=Cc2ccccc2OC)CC1. The molecule has 1 aromatic carbocycles. The third kappa shape index (κ3) is 4.88. The topological polar surface area (TPSA) is 93.0 Å². The summed E-state index contributed by atoms with van der Waals surface area (Å²) in [6.07, 6.45) is 4.35. The standard InChI is InChI=1S/C23H31N3O5S/c1-5-25(6-2)23(27)19-13-15-26(16-14-19)32(28,29)22-17(3)24-31-21(22)12-11-18-9-7-8-10-20(18)30-4/h7-12,19H,5-6,13-16H2,1-4H3. The van der Waals surface area contributed by atoms with E-state index in [1.807, 2.05) is 38.1 Å². The third-order valence-corrected chi connectivity index (χ3v) is 7.92. The number of benzene rings is 1. The maximum atomic E-state index is 13.4. The Morgan fingerprint density at radius 3 is 2.50 bits per heavy atom. The molecule has 0 spiro atoms. The number of rotatable bonds is 8. The quantitative estimate of drug-likeness (QED) is 0.598. The van der Waals surface area contributed by atoms with E-state index in [-0.39, 0.29) is 22.5 Å². The van der Waals surface area contributed by atoms with E-state index in [2.05, 4.69) is 5.16 Å². The summed E-state index contributed by atoms with van der Waals surface area (Å²) in [5.74, 6) is 0.808. The predicted molar refractivity (Wildman–Crippen MR) is 123 cm³/mol. The fraction of sp³-hybridized carbons (Fsp3) is 0.478. The molecule has 0 N–H and O–H groups in total. The number of methoxy groups -OCH3 is 1. The highest BCUT2D eigenvalue weighted by atomic mass is 32.2. The summed E-state index contributed by atoms with van der Waals surface area (Å²) in [6.45, 7) is 7.44.